The van der Waals surface area contributed by atoms with Crippen molar-refractivity contribution in [3.05, 3.63) is 49.6 Å². The summed E-state index contributed by atoms with van der Waals surface area (Å²) in [6.45, 7) is 20.0. The second-order valence-electron chi connectivity index (χ2n) is 12.1. The van der Waals surface area contributed by atoms with Crippen molar-refractivity contribution in [1.29, 1.82) is 0 Å². The predicted molar refractivity (Wildman–Crippen MR) is 174 cm³/mol. The third-order valence-electron chi connectivity index (χ3n) is 9.97. The number of thioether (sulfide) groups is 1. The Morgan fingerprint density at radius 2 is 1.81 bits per heavy atom. The number of carbonyl (C=O) groups is 3. The fraction of sp³-hybridized carbons (Fsp3) is 0.618. The molecular weight excluding hydrogens is 562 g/mol. The molecule has 3 unspecified atom stereocenters. The topological polar surface area (TPSA) is 90.4 Å². The largest absolute Gasteiger partial charge is 0.465 e. The van der Waals surface area contributed by atoms with Crippen LogP contribution < -0.4 is 9.80 Å². The summed E-state index contributed by atoms with van der Waals surface area (Å²) in [7, 11) is 0. The van der Waals surface area contributed by atoms with Crippen LogP contribution in [0.1, 0.15) is 53.9 Å². The first-order valence-corrected chi connectivity index (χ1v) is 16.7. The number of aliphatic hydroxyl groups excluding tert-OH is 1. The van der Waals surface area contributed by atoms with Crippen LogP contribution >= 0.6 is 11.8 Å². The van der Waals surface area contributed by atoms with Crippen molar-refractivity contribution in [2.45, 2.75) is 76.0 Å². The van der Waals surface area contributed by atoms with Crippen molar-refractivity contribution < 1.29 is 24.2 Å². The second kappa shape index (κ2) is 13.9. The first-order chi connectivity index (χ1) is 20.7. The SMILES string of the molecule is C=CCCOC(=O)[C@@H]1[C@H]2C(=O)N([C@@H](CO)[C@@H](C)CC)C(C(=O)N(CC=C)c3ccc(N(CC)CC)cc3)C23S[C@@H]1CC3C. The molecule has 9 heteroatoms. The molecule has 0 aromatic heterocycles. The van der Waals surface area contributed by atoms with E-state index >= 15 is 0 Å². The first-order valence-electron chi connectivity index (χ1n) is 15.8. The van der Waals surface area contributed by atoms with Crippen molar-refractivity contribution >= 4 is 40.9 Å². The summed E-state index contributed by atoms with van der Waals surface area (Å²) in [5, 5.41) is 10.6. The number of esters is 1. The van der Waals surface area contributed by atoms with Crippen LogP contribution in [0.15, 0.2) is 49.6 Å². The van der Waals surface area contributed by atoms with E-state index in [0.717, 1.165) is 37.3 Å². The molecule has 8 nitrogen and oxygen atoms in total. The molecule has 4 rings (SSSR count). The lowest BCUT2D eigenvalue weighted by molar-refractivity contribution is -0.155. The van der Waals surface area contributed by atoms with Crippen LogP contribution in [0.25, 0.3) is 0 Å². The molecule has 0 saturated carbocycles. The van der Waals surface area contributed by atoms with Gasteiger partial charge in [0, 0.05) is 36.3 Å². The van der Waals surface area contributed by atoms with E-state index in [-0.39, 0.29) is 54.6 Å². The molecule has 0 aliphatic carbocycles. The van der Waals surface area contributed by atoms with Crippen molar-refractivity contribution in [3.8, 4) is 0 Å². The number of nitrogens with zero attached hydrogens (tertiary/aromatic N) is 3. The average Bonchev–Trinajstić information content (AvgIpc) is 3.60. The van der Waals surface area contributed by atoms with Crippen LogP contribution in [0.5, 0.6) is 0 Å². The van der Waals surface area contributed by atoms with Crippen LogP contribution in [0, 0.1) is 23.7 Å². The number of amides is 2. The number of rotatable bonds is 15. The van der Waals surface area contributed by atoms with Gasteiger partial charge in [-0.25, -0.2) is 0 Å². The highest BCUT2D eigenvalue weighted by Gasteiger charge is 2.77. The Kier molecular flexibility index (Phi) is 10.7. The molecule has 3 fully saturated rings. The molecule has 8 atom stereocenters. The van der Waals surface area contributed by atoms with Gasteiger partial charge in [-0.05, 0) is 62.8 Å². The number of fused-ring (bicyclic) bond motifs is 1. The van der Waals surface area contributed by atoms with E-state index in [1.165, 1.54) is 0 Å². The summed E-state index contributed by atoms with van der Waals surface area (Å²) in [4.78, 5) is 48.7. The number of hydrogen-bond donors (Lipinski definition) is 1. The van der Waals surface area contributed by atoms with E-state index < -0.39 is 28.7 Å². The summed E-state index contributed by atoms with van der Waals surface area (Å²) >= 11 is 1.62. The highest BCUT2D eigenvalue weighted by atomic mass is 32.2. The molecule has 1 N–H and O–H groups in total. The minimum Gasteiger partial charge on any atom is -0.465 e. The van der Waals surface area contributed by atoms with Gasteiger partial charge in [0.2, 0.25) is 5.91 Å². The highest BCUT2D eigenvalue weighted by Crippen LogP contribution is 2.69. The number of anilines is 2. The number of aliphatic hydroxyl groups is 1. The standard InChI is InChI=1S/C34H49N3O5S/c1-8-13-19-42-33(41)28-27-20-23(7)34(43-27)29(28)31(39)37(26(21-38)22(6)10-3)30(34)32(40)36(18-9-2)25-16-14-24(15-17-25)35(11-4)12-5/h8-9,14-17,22-23,26-30,38H,1-2,10-13,18-21H2,3-7H3/t22-,23?,26-,27+,28-,29-,30?,34?/m0/s1. The molecule has 2 amide bonds. The second-order valence-corrected chi connectivity index (χ2v) is 13.7. The maximum Gasteiger partial charge on any atom is 0.310 e. The Labute approximate surface area is 261 Å². The molecule has 43 heavy (non-hydrogen) atoms. The summed E-state index contributed by atoms with van der Waals surface area (Å²) in [6, 6.07) is 6.56. The fourth-order valence-electron chi connectivity index (χ4n) is 7.55. The zero-order chi connectivity index (χ0) is 31.5. The van der Waals surface area contributed by atoms with Gasteiger partial charge in [-0.15, -0.1) is 24.9 Å². The molecule has 3 aliphatic heterocycles. The molecule has 1 aromatic carbocycles. The average molecular weight is 612 g/mol. The molecule has 236 valence electrons. The van der Waals surface area contributed by atoms with E-state index in [1.807, 2.05) is 38.1 Å². The number of carbonyl (C=O) groups excluding carboxylic acids is 3. The summed E-state index contributed by atoms with van der Waals surface area (Å²) in [6.07, 6.45) is 5.39. The van der Waals surface area contributed by atoms with Crippen LogP contribution in [0.4, 0.5) is 11.4 Å². The van der Waals surface area contributed by atoms with Gasteiger partial charge >= 0.3 is 5.97 Å². The molecule has 3 aliphatic rings. The molecular formula is C34H49N3O5S. The van der Waals surface area contributed by atoms with Crippen molar-refractivity contribution in [3.63, 3.8) is 0 Å². The lowest BCUT2D eigenvalue weighted by Gasteiger charge is -2.43. The number of benzene rings is 1. The van der Waals surface area contributed by atoms with Crippen LogP contribution in [-0.2, 0) is 19.1 Å². The van der Waals surface area contributed by atoms with Gasteiger partial charge < -0.3 is 24.5 Å². The number of ether oxygens (including phenoxy) is 1. The Hall–Kier alpha value is -2.78. The van der Waals surface area contributed by atoms with E-state index in [1.54, 1.807) is 33.7 Å². The highest BCUT2D eigenvalue weighted by molar-refractivity contribution is 8.02. The van der Waals surface area contributed by atoms with Gasteiger partial charge in [-0.1, -0.05) is 39.3 Å². The zero-order valence-corrected chi connectivity index (χ0v) is 27.2. The van der Waals surface area contributed by atoms with Gasteiger partial charge in [-0.2, -0.15) is 0 Å². The quantitative estimate of drug-likeness (QED) is 0.171. The smallest absolute Gasteiger partial charge is 0.310 e. The van der Waals surface area contributed by atoms with Gasteiger partial charge in [0.25, 0.3) is 5.91 Å². The predicted octanol–water partition coefficient (Wildman–Crippen LogP) is 4.92. The third-order valence-corrected chi connectivity index (χ3v) is 12.0. The molecule has 0 radical (unpaired) electrons. The minimum atomic E-state index is -0.838. The van der Waals surface area contributed by atoms with Crippen LogP contribution in [-0.4, -0.2) is 82.7 Å². The fourth-order valence-corrected chi connectivity index (χ4v) is 9.94. The Balaban J connectivity index is 1.81. The lowest BCUT2D eigenvalue weighted by Crippen LogP contribution is -2.60. The molecule has 3 saturated heterocycles. The van der Waals surface area contributed by atoms with Crippen LogP contribution in [0.2, 0.25) is 0 Å². The van der Waals surface area contributed by atoms with Crippen molar-refractivity contribution in [1.82, 2.24) is 4.90 Å². The number of hydrogen-bond acceptors (Lipinski definition) is 7. The normalized spacial score (nSPS) is 28.7. The maximum atomic E-state index is 15.0. The summed E-state index contributed by atoms with van der Waals surface area (Å²) in [5.41, 5.74) is 1.80. The Morgan fingerprint density at radius 3 is 2.37 bits per heavy atom. The molecule has 1 spiro atoms. The monoisotopic (exact) mass is 611 g/mol. The molecule has 3 heterocycles. The Morgan fingerprint density at radius 1 is 1.16 bits per heavy atom. The van der Waals surface area contributed by atoms with Crippen LogP contribution in [0.3, 0.4) is 0 Å². The van der Waals surface area contributed by atoms with E-state index in [0.29, 0.717) is 6.42 Å². The zero-order valence-electron chi connectivity index (χ0n) is 26.4. The van der Waals surface area contributed by atoms with Gasteiger partial charge in [0.1, 0.15) is 6.04 Å². The maximum absolute atomic E-state index is 15.0. The van der Waals surface area contributed by atoms with E-state index in [9.17, 15) is 19.5 Å². The minimum absolute atomic E-state index is 0.0134. The molecule has 1 aromatic rings. The summed E-state index contributed by atoms with van der Waals surface area (Å²) < 4.78 is 4.84. The lowest BCUT2D eigenvalue weighted by atomic mass is 9.66. The third kappa shape index (κ3) is 5.63. The van der Waals surface area contributed by atoms with E-state index in [2.05, 4.69) is 38.8 Å². The number of likely N-dealkylation sites (tertiary alicyclic amines) is 1. The molecule has 2 bridgehead atoms. The van der Waals surface area contributed by atoms with Gasteiger partial charge in [0.15, 0.2) is 0 Å². The Bertz CT molecular complexity index is 1190. The van der Waals surface area contributed by atoms with E-state index in [4.69, 9.17) is 4.74 Å². The first kappa shape index (κ1) is 33.1. The van der Waals surface area contributed by atoms with Crippen molar-refractivity contribution in [2.75, 3.05) is 42.6 Å². The summed E-state index contributed by atoms with van der Waals surface area (Å²) in [5.74, 6) is -2.15. The van der Waals surface area contributed by atoms with Gasteiger partial charge in [0.05, 0.1) is 35.8 Å². The van der Waals surface area contributed by atoms with Gasteiger partial charge in [-0.3, -0.25) is 14.4 Å². The van der Waals surface area contributed by atoms with Crippen molar-refractivity contribution in [2.24, 2.45) is 23.7 Å².